The minimum atomic E-state index is -0.700. The highest BCUT2D eigenvalue weighted by molar-refractivity contribution is 5.91. The molecule has 0 saturated heterocycles. The highest BCUT2D eigenvalue weighted by Gasteiger charge is 2.08. The second-order valence-corrected chi connectivity index (χ2v) is 2.41. The first kappa shape index (κ1) is 9.18. The maximum Gasteiger partial charge on any atom is 0.296 e. The first-order chi connectivity index (χ1) is 6.18. The van der Waals surface area contributed by atoms with Crippen LogP contribution in [0.5, 0.6) is 0 Å². The summed E-state index contributed by atoms with van der Waals surface area (Å²) in [6.07, 6.45) is 0. The Morgan fingerprint density at radius 2 is 2.00 bits per heavy atom. The number of benzene rings is 1. The van der Waals surface area contributed by atoms with Gasteiger partial charge < -0.3 is 5.32 Å². The van der Waals surface area contributed by atoms with Crippen LogP contribution in [0.3, 0.4) is 0 Å². The molecule has 13 heavy (non-hydrogen) atoms. The third kappa shape index (κ3) is 3.33. The van der Waals surface area contributed by atoms with Crippen LogP contribution in [0, 0.1) is 10.1 Å². The van der Waals surface area contributed by atoms with Crippen molar-refractivity contribution in [2.24, 2.45) is 0 Å². The van der Waals surface area contributed by atoms with Crippen molar-refractivity contribution in [3.8, 4) is 0 Å². The molecule has 5 heteroatoms. The summed E-state index contributed by atoms with van der Waals surface area (Å²) in [6.45, 7) is -0.700. The van der Waals surface area contributed by atoms with Gasteiger partial charge in [0.15, 0.2) is 0 Å². The van der Waals surface area contributed by atoms with Crippen molar-refractivity contribution in [2.45, 2.75) is 0 Å². The minimum Gasteiger partial charge on any atom is -0.320 e. The number of amides is 1. The molecule has 0 spiro atoms. The number of hydrogen-bond acceptors (Lipinski definition) is 3. The standard InChI is InChI=1S/C8H8N2O3/c11-8(6-10(12)13)9-7-4-2-1-3-5-7/h1-5H,6H2,(H,9,11). The third-order valence-electron chi connectivity index (χ3n) is 1.33. The van der Waals surface area contributed by atoms with E-state index in [4.69, 9.17) is 0 Å². The Morgan fingerprint density at radius 3 is 2.54 bits per heavy atom. The Hall–Kier alpha value is -1.91. The summed E-state index contributed by atoms with van der Waals surface area (Å²) in [5, 5.41) is 12.3. The Bertz CT molecular complexity index is 310. The summed E-state index contributed by atoms with van der Waals surface area (Å²) < 4.78 is 0. The van der Waals surface area contributed by atoms with Gasteiger partial charge in [-0.15, -0.1) is 0 Å². The first-order valence-electron chi connectivity index (χ1n) is 3.65. The molecule has 0 heterocycles. The van der Waals surface area contributed by atoms with E-state index < -0.39 is 17.4 Å². The van der Waals surface area contributed by atoms with Crippen LogP contribution < -0.4 is 5.32 Å². The van der Waals surface area contributed by atoms with Gasteiger partial charge in [-0.2, -0.15) is 0 Å². The molecule has 1 aromatic rings. The van der Waals surface area contributed by atoms with Crippen LogP contribution >= 0.6 is 0 Å². The zero-order valence-electron chi connectivity index (χ0n) is 6.77. The molecule has 0 fully saturated rings. The van der Waals surface area contributed by atoms with E-state index in [1.54, 1.807) is 30.3 Å². The number of carbonyl (C=O) groups excluding carboxylic acids is 1. The quantitative estimate of drug-likeness (QED) is 0.554. The molecule has 1 rings (SSSR count). The molecule has 5 nitrogen and oxygen atoms in total. The molecule has 0 aliphatic heterocycles. The maximum absolute atomic E-state index is 10.9. The average molecular weight is 180 g/mol. The Balaban J connectivity index is 2.50. The molecular weight excluding hydrogens is 172 g/mol. The summed E-state index contributed by atoms with van der Waals surface area (Å²) in [4.78, 5) is 20.1. The van der Waals surface area contributed by atoms with Crippen molar-refractivity contribution in [3.05, 3.63) is 40.4 Å². The zero-order chi connectivity index (χ0) is 9.68. The predicted molar refractivity (Wildman–Crippen MR) is 46.9 cm³/mol. The Morgan fingerprint density at radius 1 is 1.38 bits per heavy atom. The molecule has 0 aliphatic carbocycles. The van der Waals surface area contributed by atoms with Crippen molar-refractivity contribution in [2.75, 3.05) is 11.9 Å². The highest BCUT2D eigenvalue weighted by atomic mass is 16.6. The molecule has 0 unspecified atom stereocenters. The third-order valence-corrected chi connectivity index (χ3v) is 1.33. The lowest BCUT2D eigenvalue weighted by Crippen LogP contribution is -2.21. The lowest BCUT2D eigenvalue weighted by Gasteiger charge is -2.00. The van der Waals surface area contributed by atoms with E-state index in [0.717, 1.165) is 0 Å². The van der Waals surface area contributed by atoms with Gasteiger partial charge in [-0.3, -0.25) is 14.9 Å². The van der Waals surface area contributed by atoms with E-state index in [9.17, 15) is 14.9 Å². The van der Waals surface area contributed by atoms with E-state index in [1.165, 1.54) is 0 Å². The number of nitro groups is 1. The molecule has 1 amide bonds. The van der Waals surface area contributed by atoms with Gasteiger partial charge in [0.05, 0.1) is 0 Å². The molecule has 0 aromatic heterocycles. The maximum atomic E-state index is 10.9. The van der Waals surface area contributed by atoms with E-state index in [1.807, 2.05) is 0 Å². The Labute approximate surface area is 74.5 Å². The van der Waals surface area contributed by atoms with Crippen LogP contribution in [0.4, 0.5) is 5.69 Å². The van der Waals surface area contributed by atoms with Crippen LogP contribution in [0.25, 0.3) is 0 Å². The summed E-state index contributed by atoms with van der Waals surface area (Å²) in [7, 11) is 0. The van der Waals surface area contributed by atoms with Gasteiger partial charge in [0, 0.05) is 10.6 Å². The second-order valence-electron chi connectivity index (χ2n) is 2.41. The first-order valence-corrected chi connectivity index (χ1v) is 3.65. The smallest absolute Gasteiger partial charge is 0.296 e. The zero-order valence-corrected chi connectivity index (χ0v) is 6.77. The number of rotatable bonds is 3. The summed E-state index contributed by atoms with van der Waals surface area (Å²) in [6, 6.07) is 8.60. The molecule has 68 valence electrons. The van der Waals surface area contributed by atoms with Crippen molar-refractivity contribution >= 4 is 11.6 Å². The van der Waals surface area contributed by atoms with Crippen LogP contribution in [-0.4, -0.2) is 17.4 Å². The number of anilines is 1. The summed E-state index contributed by atoms with van der Waals surface area (Å²) >= 11 is 0. The molecule has 1 N–H and O–H groups in total. The van der Waals surface area contributed by atoms with Gasteiger partial charge >= 0.3 is 0 Å². The molecule has 0 radical (unpaired) electrons. The number of hydrogen-bond donors (Lipinski definition) is 1. The molecule has 0 atom stereocenters. The largest absolute Gasteiger partial charge is 0.320 e. The number of para-hydroxylation sites is 1. The molecule has 0 aliphatic rings. The fourth-order valence-electron chi connectivity index (χ4n) is 0.839. The van der Waals surface area contributed by atoms with Crippen molar-refractivity contribution in [3.63, 3.8) is 0 Å². The SMILES string of the molecule is O=C(C[N+](=O)[O-])Nc1ccccc1. The normalized spacial score (nSPS) is 9.23. The topological polar surface area (TPSA) is 72.2 Å². The minimum absolute atomic E-state index is 0.564. The van der Waals surface area contributed by atoms with E-state index in [0.29, 0.717) is 5.69 Å². The lowest BCUT2D eigenvalue weighted by atomic mass is 10.3. The Kier molecular flexibility index (Phi) is 2.97. The predicted octanol–water partition coefficient (Wildman–Crippen LogP) is 0.902. The van der Waals surface area contributed by atoms with Crippen LogP contribution in [0.2, 0.25) is 0 Å². The molecule has 0 bridgehead atoms. The van der Waals surface area contributed by atoms with Gasteiger partial charge in [0.25, 0.3) is 12.5 Å². The van der Waals surface area contributed by atoms with Gasteiger partial charge in [0.1, 0.15) is 0 Å². The van der Waals surface area contributed by atoms with Gasteiger partial charge in [-0.05, 0) is 12.1 Å². The van der Waals surface area contributed by atoms with Crippen LogP contribution in [-0.2, 0) is 4.79 Å². The van der Waals surface area contributed by atoms with Crippen molar-refractivity contribution in [1.82, 2.24) is 0 Å². The molecule has 1 aromatic carbocycles. The van der Waals surface area contributed by atoms with Crippen LogP contribution in [0.15, 0.2) is 30.3 Å². The molecule has 0 saturated carbocycles. The average Bonchev–Trinajstić information content (AvgIpc) is 2.04. The van der Waals surface area contributed by atoms with Gasteiger partial charge in [-0.1, -0.05) is 18.2 Å². The number of nitrogens with zero attached hydrogens (tertiary/aromatic N) is 1. The lowest BCUT2D eigenvalue weighted by molar-refractivity contribution is -0.467. The summed E-state index contributed by atoms with van der Waals surface area (Å²) in [5.41, 5.74) is 0.564. The fourth-order valence-corrected chi connectivity index (χ4v) is 0.839. The second kappa shape index (κ2) is 4.20. The number of nitrogens with one attached hydrogen (secondary N) is 1. The fraction of sp³-hybridized carbons (Fsp3) is 0.125. The van der Waals surface area contributed by atoms with Gasteiger partial charge in [0.2, 0.25) is 0 Å². The highest BCUT2D eigenvalue weighted by Crippen LogP contribution is 2.03. The molecular formula is C8H8N2O3. The van der Waals surface area contributed by atoms with E-state index in [-0.39, 0.29) is 0 Å². The number of carbonyl (C=O) groups is 1. The van der Waals surface area contributed by atoms with E-state index in [2.05, 4.69) is 5.32 Å². The summed E-state index contributed by atoms with van der Waals surface area (Å²) in [5.74, 6) is -0.615. The van der Waals surface area contributed by atoms with Crippen LogP contribution in [0.1, 0.15) is 0 Å². The van der Waals surface area contributed by atoms with E-state index >= 15 is 0 Å². The monoisotopic (exact) mass is 180 g/mol. The van der Waals surface area contributed by atoms with Crippen molar-refractivity contribution in [1.29, 1.82) is 0 Å². The van der Waals surface area contributed by atoms with Crippen molar-refractivity contribution < 1.29 is 9.72 Å². The van der Waals surface area contributed by atoms with Gasteiger partial charge in [-0.25, -0.2) is 0 Å².